The van der Waals surface area contributed by atoms with E-state index >= 15 is 0 Å². The second kappa shape index (κ2) is 11.7. The van der Waals surface area contributed by atoms with Crippen LogP contribution in [0.2, 0.25) is 0 Å². The van der Waals surface area contributed by atoms with Crippen LogP contribution < -0.4 is 0 Å². The molecular formula is C37H39NO5. The summed E-state index contributed by atoms with van der Waals surface area (Å²) in [5, 5.41) is 22.7. The van der Waals surface area contributed by atoms with Gasteiger partial charge in [-0.25, -0.2) is 0 Å². The molecule has 2 N–H and O–H groups in total. The number of hydrogen-bond acceptors (Lipinski definition) is 5. The number of carbonyl (C=O) groups is 2. The second-order valence-corrected chi connectivity index (χ2v) is 12.6. The van der Waals surface area contributed by atoms with E-state index in [-0.39, 0.29) is 54.1 Å². The number of aliphatic hydroxyl groups is 1. The number of amides is 2. The van der Waals surface area contributed by atoms with E-state index in [0.29, 0.717) is 19.4 Å². The lowest BCUT2D eigenvalue weighted by Crippen LogP contribution is -2.42. The normalized spacial score (nSPS) is 26.3. The third-order valence-corrected chi connectivity index (χ3v) is 10.3. The minimum Gasteiger partial charge on any atom is -0.507 e. The van der Waals surface area contributed by atoms with Crippen LogP contribution in [0.4, 0.5) is 0 Å². The molecule has 7 rings (SSSR count). The summed E-state index contributed by atoms with van der Waals surface area (Å²) in [7, 11) is 0. The summed E-state index contributed by atoms with van der Waals surface area (Å²) in [5.41, 5.74) is 5.24. The molecule has 1 saturated carbocycles. The van der Waals surface area contributed by atoms with Gasteiger partial charge in [0.05, 0.1) is 31.2 Å². The third kappa shape index (κ3) is 5.00. The van der Waals surface area contributed by atoms with E-state index in [4.69, 9.17) is 4.74 Å². The van der Waals surface area contributed by atoms with E-state index in [0.717, 1.165) is 70.7 Å². The van der Waals surface area contributed by atoms with Crippen LogP contribution in [0.5, 0.6) is 5.75 Å². The van der Waals surface area contributed by atoms with Gasteiger partial charge in [-0.2, -0.15) is 0 Å². The van der Waals surface area contributed by atoms with Gasteiger partial charge in [0.1, 0.15) is 5.75 Å². The van der Waals surface area contributed by atoms with E-state index in [2.05, 4.69) is 18.2 Å². The molecule has 2 aliphatic heterocycles. The van der Waals surface area contributed by atoms with Crippen LogP contribution >= 0.6 is 0 Å². The molecule has 6 nitrogen and oxygen atoms in total. The van der Waals surface area contributed by atoms with E-state index in [9.17, 15) is 19.8 Å². The molecule has 2 heterocycles. The zero-order valence-electron chi connectivity index (χ0n) is 24.5. The number of phenolic OH excluding ortho intramolecular Hbond substituents is 1. The molecule has 3 fully saturated rings. The number of benzene rings is 3. The Hall–Kier alpha value is -3.74. The summed E-state index contributed by atoms with van der Waals surface area (Å²) in [5.74, 6) is -0.699. The highest BCUT2D eigenvalue weighted by molar-refractivity contribution is 6.06. The lowest BCUT2D eigenvalue weighted by atomic mass is 9.69. The maximum atomic E-state index is 13.8. The van der Waals surface area contributed by atoms with Gasteiger partial charge in [0, 0.05) is 17.3 Å². The van der Waals surface area contributed by atoms with Crippen molar-refractivity contribution < 1.29 is 24.5 Å². The Labute approximate surface area is 252 Å². The van der Waals surface area contributed by atoms with Gasteiger partial charge in [-0.05, 0) is 71.4 Å². The highest BCUT2D eigenvalue weighted by atomic mass is 16.5. The van der Waals surface area contributed by atoms with Crippen molar-refractivity contribution >= 4 is 34.2 Å². The zero-order chi connectivity index (χ0) is 29.5. The van der Waals surface area contributed by atoms with Gasteiger partial charge in [-0.1, -0.05) is 86.0 Å². The van der Waals surface area contributed by atoms with Crippen molar-refractivity contribution in [2.45, 2.75) is 63.5 Å². The van der Waals surface area contributed by atoms with Crippen LogP contribution in [0.25, 0.3) is 22.4 Å². The molecule has 2 saturated heterocycles. The van der Waals surface area contributed by atoms with Crippen molar-refractivity contribution in [3.63, 3.8) is 0 Å². The number of allylic oxidation sites excluding steroid dienone is 1. The fourth-order valence-corrected chi connectivity index (χ4v) is 8.20. The number of carbonyl (C=O) groups excluding carboxylic acids is 2. The predicted octanol–water partition coefficient (Wildman–Crippen LogP) is 6.51. The largest absolute Gasteiger partial charge is 0.507 e. The summed E-state index contributed by atoms with van der Waals surface area (Å²) in [6, 6.07) is 21.9. The molecule has 43 heavy (non-hydrogen) atoms. The molecule has 222 valence electrons. The standard InChI is InChI=1S/C37H39NO5/c39-21-26-20-30-35(37(42)38(36(30)41)27-11-5-2-6-12-27)31-22-43-33(34(26)31)18-16-24(23-9-3-1-4-10-23)19-25-15-17-32(40)29-14-8-7-13-28(25)29/h1,3-4,7-10,13-15,17,19,27,30-31,33,35,39-40H,2,5-6,11-12,16,18,20-22H2/b24-19-/t30-,31+,33-,35-/m1/s1. The smallest absolute Gasteiger partial charge is 0.234 e. The van der Waals surface area contributed by atoms with Crippen LogP contribution in [-0.4, -0.2) is 52.3 Å². The van der Waals surface area contributed by atoms with Gasteiger partial charge in [0.25, 0.3) is 0 Å². The predicted molar refractivity (Wildman–Crippen MR) is 167 cm³/mol. The Morgan fingerprint density at radius 3 is 2.40 bits per heavy atom. The van der Waals surface area contributed by atoms with Crippen LogP contribution in [0.1, 0.15) is 62.5 Å². The monoisotopic (exact) mass is 577 g/mol. The summed E-state index contributed by atoms with van der Waals surface area (Å²) in [6.07, 6.45) is 8.97. The zero-order valence-corrected chi connectivity index (χ0v) is 24.5. The molecule has 0 aromatic heterocycles. The minimum atomic E-state index is -0.379. The van der Waals surface area contributed by atoms with Crippen molar-refractivity contribution in [2.75, 3.05) is 13.2 Å². The number of hydrogen-bond donors (Lipinski definition) is 2. The molecule has 0 unspecified atom stereocenters. The first kappa shape index (κ1) is 28.1. The maximum Gasteiger partial charge on any atom is 0.234 e. The molecule has 3 aromatic carbocycles. The Balaban J connectivity index is 1.17. The van der Waals surface area contributed by atoms with Crippen LogP contribution in [0, 0.1) is 17.8 Å². The quantitative estimate of drug-likeness (QED) is 0.190. The average molecular weight is 578 g/mol. The van der Waals surface area contributed by atoms with Crippen molar-refractivity contribution in [2.24, 2.45) is 17.8 Å². The van der Waals surface area contributed by atoms with E-state index < -0.39 is 0 Å². The molecule has 2 amide bonds. The van der Waals surface area contributed by atoms with Gasteiger partial charge in [0.2, 0.25) is 11.8 Å². The molecular weight excluding hydrogens is 538 g/mol. The van der Waals surface area contributed by atoms with Crippen LogP contribution in [0.3, 0.4) is 0 Å². The Morgan fingerprint density at radius 2 is 1.63 bits per heavy atom. The number of aromatic hydroxyl groups is 1. The number of rotatable bonds is 7. The summed E-state index contributed by atoms with van der Waals surface area (Å²) in [4.78, 5) is 29.0. The molecule has 0 radical (unpaired) electrons. The first-order valence-electron chi connectivity index (χ1n) is 15.8. The number of aliphatic hydroxyl groups excluding tert-OH is 1. The maximum absolute atomic E-state index is 13.8. The van der Waals surface area contributed by atoms with E-state index in [1.165, 1.54) is 6.42 Å². The van der Waals surface area contributed by atoms with Gasteiger partial charge >= 0.3 is 0 Å². The molecule has 4 aliphatic rings. The lowest BCUT2D eigenvalue weighted by Gasteiger charge is -2.31. The third-order valence-electron chi connectivity index (χ3n) is 10.3. The van der Waals surface area contributed by atoms with Gasteiger partial charge in [-0.15, -0.1) is 0 Å². The molecule has 2 aliphatic carbocycles. The Kier molecular flexibility index (Phi) is 7.66. The highest BCUT2D eigenvalue weighted by Crippen LogP contribution is 2.51. The lowest BCUT2D eigenvalue weighted by molar-refractivity contribution is -0.143. The summed E-state index contributed by atoms with van der Waals surface area (Å²) >= 11 is 0. The molecule has 6 heteroatoms. The Morgan fingerprint density at radius 1 is 0.884 bits per heavy atom. The number of imide groups is 1. The SMILES string of the molecule is O=C1[C@@H]2[C@@H](CC(CO)=C3[C@@H](CC/C(=C/c4ccc(O)c5ccccc45)c4ccccc4)OC[C@@H]32)C(=O)N1C1CCCCC1. The van der Waals surface area contributed by atoms with Crippen molar-refractivity contribution in [3.05, 3.63) is 89.0 Å². The second-order valence-electron chi connectivity index (χ2n) is 12.6. The van der Waals surface area contributed by atoms with Gasteiger partial charge in [0.15, 0.2) is 0 Å². The topological polar surface area (TPSA) is 87.1 Å². The molecule has 4 atom stereocenters. The van der Waals surface area contributed by atoms with E-state index in [1.807, 2.05) is 48.5 Å². The van der Waals surface area contributed by atoms with E-state index in [1.54, 1.807) is 11.0 Å². The number of likely N-dealkylation sites (tertiary alicyclic amines) is 1. The van der Waals surface area contributed by atoms with Crippen LogP contribution in [-0.2, 0) is 14.3 Å². The molecule has 0 spiro atoms. The number of phenols is 1. The minimum absolute atomic E-state index is 0.0188. The number of fused-ring (bicyclic) bond motifs is 4. The van der Waals surface area contributed by atoms with Crippen molar-refractivity contribution in [1.82, 2.24) is 4.90 Å². The highest BCUT2D eigenvalue weighted by Gasteiger charge is 2.58. The van der Waals surface area contributed by atoms with Crippen molar-refractivity contribution in [1.29, 1.82) is 0 Å². The summed E-state index contributed by atoms with van der Waals surface area (Å²) < 4.78 is 6.42. The fourth-order valence-electron chi connectivity index (χ4n) is 8.20. The first-order valence-corrected chi connectivity index (χ1v) is 15.8. The van der Waals surface area contributed by atoms with Crippen LogP contribution in [0.15, 0.2) is 77.9 Å². The Bertz CT molecular complexity index is 1600. The fraction of sp³-hybridized carbons (Fsp3) is 0.405. The number of nitrogens with zero attached hydrogens (tertiary/aromatic N) is 1. The first-order chi connectivity index (χ1) is 21.0. The van der Waals surface area contributed by atoms with Gasteiger partial charge in [-0.3, -0.25) is 14.5 Å². The number of ether oxygens (including phenoxy) is 1. The van der Waals surface area contributed by atoms with Gasteiger partial charge < -0.3 is 14.9 Å². The van der Waals surface area contributed by atoms with Crippen molar-refractivity contribution in [3.8, 4) is 5.75 Å². The molecule has 0 bridgehead atoms. The molecule has 3 aromatic rings. The average Bonchev–Trinajstić information content (AvgIpc) is 3.58. The summed E-state index contributed by atoms with van der Waals surface area (Å²) in [6.45, 7) is 0.301.